The summed E-state index contributed by atoms with van der Waals surface area (Å²) < 4.78 is 167. The predicted molar refractivity (Wildman–Crippen MR) is 69.3 cm³/mol. The van der Waals surface area contributed by atoms with Crippen molar-refractivity contribution in [3.05, 3.63) is 0 Å². The summed E-state index contributed by atoms with van der Waals surface area (Å²) in [6.07, 6.45) is -8.93. The number of carbonyl (C=O) groups is 1. The van der Waals surface area contributed by atoms with Gasteiger partial charge in [-0.1, -0.05) is 6.92 Å². The molecule has 1 unspecified atom stereocenters. The van der Waals surface area contributed by atoms with Crippen LogP contribution in [0.3, 0.4) is 0 Å². The van der Waals surface area contributed by atoms with Crippen LogP contribution in [0.4, 0.5) is 57.1 Å². The quantitative estimate of drug-likeness (QED) is 0.373. The lowest BCUT2D eigenvalue weighted by molar-refractivity contribution is -0.436. The molecular weight excluding hydrogens is 449 g/mol. The van der Waals surface area contributed by atoms with Gasteiger partial charge < -0.3 is 10.4 Å². The molecule has 3 nitrogen and oxygen atoms in total. The van der Waals surface area contributed by atoms with Crippen molar-refractivity contribution >= 4 is 5.91 Å². The normalized spacial score (nSPS) is 16.0. The molecule has 16 heteroatoms. The molecule has 2 N–H and O–H groups in total. The molecule has 0 saturated carbocycles. The van der Waals surface area contributed by atoms with Crippen molar-refractivity contribution < 1.29 is 67.0 Å². The molecule has 1 amide bonds. The number of aliphatic hydroxyl groups is 1. The van der Waals surface area contributed by atoms with E-state index in [0.29, 0.717) is 0 Å². The molecule has 29 heavy (non-hydrogen) atoms. The second-order valence-corrected chi connectivity index (χ2v) is 5.83. The van der Waals surface area contributed by atoms with Crippen LogP contribution in [0.5, 0.6) is 0 Å². The standard InChI is InChI=1S/C13H14F13NO2/c1-2-6(28)4-3-5-27-7(29)8(14,15)9(16,17)10(18,19)11(20,21)12(22,23)13(24,25)26/h6,28H,2-5H2,1H3,(H,27,29). The summed E-state index contributed by atoms with van der Waals surface area (Å²) in [4.78, 5) is 11.1. The first kappa shape index (κ1) is 27.5. The van der Waals surface area contributed by atoms with Gasteiger partial charge in [0.2, 0.25) is 0 Å². The molecular formula is C13H14F13NO2. The van der Waals surface area contributed by atoms with Crippen LogP contribution in [0, 0.1) is 0 Å². The van der Waals surface area contributed by atoms with Gasteiger partial charge in [0, 0.05) is 6.54 Å². The van der Waals surface area contributed by atoms with Gasteiger partial charge in [0.05, 0.1) is 6.10 Å². The number of carbonyl (C=O) groups excluding carboxylic acids is 1. The molecule has 0 aromatic carbocycles. The van der Waals surface area contributed by atoms with Crippen LogP contribution < -0.4 is 5.32 Å². The Morgan fingerprint density at radius 3 is 1.59 bits per heavy atom. The minimum Gasteiger partial charge on any atom is -0.393 e. The minimum atomic E-state index is -8.04. The summed E-state index contributed by atoms with van der Waals surface area (Å²) in [6, 6.07) is 0. The zero-order valence-electron chi connectivity index (χ0n) is 14.2. The lowest BCUT2D eigenvalue weighted by Crippen LogP contribution is -2.72. The van der Waals surface area contributed by atoms with E-state index in [0.717, 1.165) is 5.32 Å². The molecule has 174 valence electrons. The highest BCUT2D eigenvalue weighted by molar-refractivity contribution is 5.84. The lowest BCUT2D eigenvalue weighted by atomic mass is 9.93. The van der Waals surface area contributed by atoms with Gasteiger partial charge >= 0.3 is 35.8 Å². The highest BCUT2D eigenvalue weighted by atomic mass is 19.4. The Balaban J connectivity index is 5.72. The largest absolute Gasteiger partial charge is 0.460 e. The Morgan fingerprint density at radius 1 is 0.793 bits per heavy atom. The fourth-order valence-electron chi connectivity index (χ4n) is 1.77. The number of amides is 1. The average molecular weight is 463 g/mol. The topological polar surface area (TPSA) is 49.3 Å². The molecule has 0 aliphatic heterocycles. The van der Waals surface area contributed by atoms with Gasteiger partial charge in [-0.25, -0.2) is 0 Å². The Labute approximate surface area is 154 Å². The maximum Gasteiger partial charge on any atom is 0.460 e. The molecule has 0 spiro atoms. The van der Waals surface area contributed by atoms with Crippen molar-refractivity contribution in [3.63, 3.8) is 0 Å². The van der Waals surface area contributed by atoms with E-state index >= 15 is 0 Å². The Bertz CT molecular complexity index is 574. The van der Waals surface area contributed by atoms with Crippen LogP contribution in [0.2, 0.25) is 0 Å². The van der Waals surface area contributed by atoms with Crippen molar-refractivity contribution in [2.24, 2.45) is 0 Å². The van der Waals surface area contributed by atoms with Gasteiger partial charge in [-0.15, -0.1) is 0 Å². The first-order valence-corrected chi connectivity index (χ1v) is 7.55. The fourth-order valence-corrected chi connectivity index (χ4v) is 1.77. The maximum atomic E-state index is 13.4. The number of nitrogens with one attached hydrogen (secondary N) is 1. The van der Waals surface area contributed by atoms with Crippen molar-refractivity contribution in [2.45, 2.75) is 68.1 Å². The van der Waals surface area contributed by atoms with Crippen molar-refractivity contribution in [1.82, 2.24) is 5.32 Å². The fraction of sp³-hybridized carbons (Fsp3) is 0.923. The van der Waals surface area contributed by atoms with Crippen molar-refractivity contribution in [2.75, 3.05) is 6.54 Å². The van der Waals surface area contributed by atoms with Crippen LogP contribution >= 0.6 is 0 Å². The summed E-state index contributed by atoms with van der Waals surface area (Å²) in [6.45, 7) is 0.513. The highest BCUT2D eigenvalue weighted by Crippen LogP contribution is 2.60. The SMILES string of the molecule is CCC(O)CCCNC(=O)C(F)(F)C(F)(F)C(F)(F)C(F)(F)C(F)(F)C(F)(F)F. The van der Waals surface area contributed by atoms with Crippen molar-refractivity contribution in [1.29, 1.82) is 0 Å². The molecule has 0 aliphatic rings. The number of rotatable bonds is 10. The molecule has 0 aromatic rings. The maximum absolute atomic E-state index is 13.4. The second-order valence-electron chi connectivity index (χ2n) is 5.83. The van der Waals surface area contributed by atoms with Gasteiger partial charge in [-0.2, -0.15) is 57.1 Å². The van der Waals surface area contributed by atoms with Crippen LogP contribution in [-0.4, -0.2) is 59.5 Å². The van der Waals surface area contributed by atoms with E-state index in [1.54, 1.807) is 0 Å². The molecule has 0 heterocycles. The van der Waals surface area contributed by atoms with Gasteiger partial charge in [0.25, 0.3) is 5.91 Å². The van der Waals surface area contributed by atoms with Crippen molar-refractivity contribution in [3.8, 4) is 0 Å². The van der Waals surface area contributed by atoms with Gasteiger partial charge in [-0.05, 0) is 19.3 Å². The predicted octanol–water partition coefficient (Wildman–Crippen LogP) is 4.39. The number of hydrogen-bond donors (Lipinski definition) is 2. The van der Waals surface area contributed by atoms with Gasteiger partial charge in [0.1, 0.15) is 0 Å². The molecule has 0 bridgehead atoms. The van der Waals surface area contributed by atoms with E-state index < -0.39 is 54.3 Å². The van der Waals surface area contributed by atoms with Gasteiger partial charge in [0.15, 0.2) is 0 Å². The smallest absolute Gasteiger partial charge is 0.393 e. The van der Waals surface area contributed by atoms with E-state index in [1.807, 2.05) is 0 Å². The van der Waals surface area contributed by atoms with E-state index in [9.17, 15) is 61.9 Å². The third kappa shape index (κ3) is 4.66. The van der Waals surface area contributed by atoms with E-state index in [4.69, 9.17) is 5.11 Å². The number of hydrogen-bond acceptors (Lipinski definition) is 2. The molecule has 0 aromatic heterocycles. The van der Waals surface area contributed by atoms with Gasteiger partial charge in [-0.3, -0.25) is 4.79 Å². The highest BCUT2D eigenvalue weighted by Gasteiger charge is 2.91. The monoisotopic (exact) mass is 463 g/mol. The Kier molecular flexibility index (Phi) is 7.91. The molecule has 0 saturated heterocycles. The van der Waals surface area contributed by atoms with Crippen LogP contribution in [-0.2, 0) is 4.79 Å². The summed E-state index contributed by atoms with van der Waals surface area (Å²) >= 11 is 0. The third-order valence-corrected chi connectivity index (χ3v) is 3.69. The Hall–Kier alpha value is -1.48. The minimum absolute atomic E-state index is 0.150. The van der Waals surface area contributed by atoms with Crippen LogP contribution in [0.1, 0.15) is 26.2 Å². The number of halogens is 13. The van der Waals surface area contributed by atoms with Crippen LogP contribution in [0.25, 0.3) is 0 Å². The zero-order valence-corrected chi connectivity index (χ0v) is 14.2. The average Bonchev–Trinajstić information content (AvgIpc) is 2.56. The Morgan fingerprint density at radius 2 is 1.21 bits per heavy atom. The number of alkyl halides is 13. The number of aliphatic hydroxyl groups excluding tert-OH is 1. The molecule has 0 fully saturated rings. The molecule has 0 rings (SSSR count). The molecule has 0 aliphatic carbocycles. The third-order valence-electron chi connectivity index (χ3n) is 3.69. The molecule has 1 atom stereocenters. The van der Waals surface area contributed by atoms with E-state index in [-0.39, 0.29) is 19.3 Å². The lowest BCUT2D eigenvalue weighted by Gasteiger charge is -2.39. The molecule has 0 radical (unpaired) electrons. The summed E-state index contributed by atoms with van der Waals surface area (Å²) in [5.41, 5.74) is 0. The van der Waals surface area contributed by atoms with E-state index in [2.05, 4.69) is 0 Å². The summed E-state index contributed by atoms with van der Waals surface area (Å²) in [5, 5.41) is 10.1. The van der Waals surface area contributed by atoms with Crippen LogP contribution in [0.15, 0.2) is 0 Å². The summed E-state index contributed by atoms with van der Waals surface area (Å²) in [7, 11) is 0. The zero-order chi connectivity index (χ0) is 23.7. The first-order chi connectivity index (χ1) is 12.6. The van der Waals surface area contributed by atoms with E-state index in [1.165, 1.54) is 6.92 Å². The second kappa shape index (κ2) is 8.34. The first-order valence-electron chi connectivity index (χ1n) is 7.55. The summed E-state index contributed by atoms with van der Waals surface area (Å²) in [5.74, 6) is -41.7.